The van der Waals surface area contributed by atoms with Gasteiger partial charge >= 0.3 is 0 Å². The molecule has 3 aromatic rings. The van der Waals surface area contributed by atoms with E-state index in [-0.39, 0.29) is 0 Å². The molecule has 0 spiro atoms. The van der Waals surface area contributed by atoms with Gasteiger partial charge in [0.1, 0.15) is 11.3 Å². The lowest BCUT2D eigenvalue weighted by atomic mass is 10.2. The Morgan fingerprint density at radius 1 is 1.05 bits per heavy atom. The van der Waals surface area contributed by atoms with Crippen LogP contribution in [0.25, 0.3) is 10.9 Å². The number of ether oxygens (including phenoxy) is 1. The molecule has 1 heterocycles. The molecule has 0 aliphatic carbocycles. The van der Waals surface area contributed by atoms with Crippen molar-refractivity contribution < 1.29 is 4.74 Å². The molecule has 20 heavy (non-hydrogen) atoms. The van der Waals surface area contributed by atoms with E-state index >= 15 is 0 Å². The molecular weight excluding hydrogens is 293 g/mol. The Hall–Kier alpha value is -1.77. The van der Waals surface area contributed by atoms with Crippen molar-refractivity contribution in [2.24, 2.45) is 0 Å². The first-order valence-corrected chi connectivity index (χ1v) is 7.05. The topological polar surface area (TPSA) is 22.1 Å². The van der Waals surface area contributed by atoms with E-state index < -0.39 is 0 Å². The number of aromatic nitrogens is 1. The van der Waals surface area contributed by atoms with Crippen molar-refractivity contribution in [3.63, 3.8) is 0 Å². The molecule has 1 aromatic heterocycles. The molecule has 0 fully saturated rings. The highest BCUT2D eigenvalue weighted by molar-refractivity contribution is 6.32. The molecule has 0 bridgehead atoms. The molecule has 0 saturated carbocycles. The second kappa shape index (κ2) is 5.70. The minimum Gasteiger partial charge on any atom is -0.455 e. The smallest absolute Gasteiger partial charge is 0.153 e. The third-order valence-corrected chi connectivity index (χ3v) is 3.63. The molecule has 2 nitrogen and oxygen atoms in total. The molecular formula is C16H11Cl2NO. The standard InChI is InChI=1S/C16H11Cl2NO/c17-10-12-6-7-13(9-14(12)18)20-15-5-1-3-11-4-2-8-19-16(11)15/h1-9H,10H2. The number of alkyl halides is 1. The first kappa shape index (κ1) is 13.2. The number of para-hydroxylation sites is 1. The van der Waals surface area contributed by atoms with Gasteiger partial charge in [0.05, 0.1) is 0 Å². The first-order valence-electron chi connectivity index (χ1n) is 6.14. The van der Waals surface area contributed by atoms with E-state index in [1.54, 1.807) is 12.3 Å². The van der Waals surface area contributed by atoms with E-state index in [1.807, 2.05) is 42.5 Å². The maximum absolute atomic E-state index is 6.13. The Labute approximate surface area is 126 Å². The Balaban J connectivity index is 1.99. The second-order valence-electron chi connectivity index (χ2n) is 4.32. The van der Waals surface area contributed by atoms with Gasteiger partial charge in [-0.2, -0.15) is 0 Å². The zero-order valence-electron chi connectivity index (χ0n) is 10.5. The van der Waals surface area contributed by atoms with Gasteiger partial charge in [0.25, 0.3) is 0 Å². The van der Waals surface area contributed by atoms with Crippen molar-refractivity contribution in [2.75, 3.05) is 0 Å². The third-order valence-electron chi connectivity index (χ3n) is 2.99. The van der Waals surface area contributed by atoms with E-state index in [1.165, 1.54) is 0 Å². The SMILES string of the molecule is ClCc1ccc(Oc2cccc3cccnc23)cc1Cl. The number of halogens is 2. The highest BCUT2D eigenvalue weighted by Gasteiger charge is 2.06. The average molecular weight is 304 g/mol. The normalized spacial score (nSPS) is 10.7. The van der Waals surface area contributed by atoms with Crippen LogP contribution in [-0.2, 0) is 5.88 Å². The molecule has 0 atom stereocenters. The number of hydrogen-bond acceptors (Lipinski definition) is 2. The van der Waals surface area contributed by atoms with Crippen LogP contribution in [0.2, 0.25) is 5.02 Å². The van der Waals surface area contributed by atoms with E-state index in [2.05, 4.69) is 4.98 Å². The fraction of sp³-hybridized carbons (Fsp3) is 0.0625. The van der Waals surface area contributed by atoms with Crippen molar-refractivity contribution in [3.8, 4) is 11.5 Å². The lowest BCUT2D eigenvalue weighted by Crippen LogP contribution is -1.89. The van der Waals surface area contributed by atoms with Gasteiger partial charge in [-0.1, -0.05) is 35.9 Å². The zero-order valence-corrected chi connectivity index (χ0v) is 12.0. The molecule has 0 aliphatic rings. The fourth-order valence-electron chi connectivity index (χ4n) is 1.99. The van der Waals surface area contributed by atoms with Gasteiger partial charge < -0.3 is 4.74 Å². The van der Waals surface area contributed by atoms with E-state index in [0.29, 0.717) is 22.4 Å². The molecule has 0 radical (unpaired) electrons. The second-order valence-corrected chi connectivity index (χ2v) is 4.99. The van der Waals surface area contributed by atoms with Gasteiger partial charge in [-0.05, 0) is 29.8 Å². The number of nitrogens with zero attached hydrogens (tertiary/aromatic N) is 1. The van der Waals surface area contributed by atoms with E-state index in [4.69, 9.17) is 27.9 Å². The Morgan fingerprint density at radius 2 is 1.90 bits per heavy atom. The summed E-state index contributed by atoms with van der Waals surface area (Å²) in [5, 5.41) is 1.64. The number of rotatable bonds is 3. The first-order chi connectivity index (χ1) is 9.78. The quantitative estimate of drug-likeness (QED) is 0.603. The van der Waals surface area contributed by atoms with Crippen molar-refractivity contribution >= 4 is 34.1 Å². The lowest BCUT2D eigenvalue weighted by molar-refractivity contribution is 0.487. The van der Waals surface area contributed by atoms with Crippen molar-refractivity contribution in [1.29, 1.82) is 0 Å². The van der Waals surface area contributed by atoms with Crippen LogP contribution in [0.15, 0.2) is 54.7 Å². The molecule has 4 heteroatoms. The molecule has 0 saturated heterocycles. The van der Waals surface area contributed by atoms with Crippen LogP contribution >= 0.6 is 23.2 Å². The van der Waals surface area contributed by atoms with Crippen LogP contribution in [0.3, 0.4) is 0 Å². The van der Waals surface area contributed by atoms with Gasteiger partial charge in [0.15, 0.2) is 5.75 Å². The van der Waals surface area contributed by atoms with Crippen LogP contribution in [-0.4, -0.2) is 4.98 Å². The maximum atomic E-state index is 6.13. The van der Waals surface area contributed by atoms with Crippen LogP contribution in [0, 0.1) is 0 Å². The van der Waals surface area contributed by atoms with Gasteiger partial charge in [-0.25, -0.2) is 0 Å². The monoisotopic (exact) mass is 303 g/mol. The molecule has 0 N–H and O–H groups in total. The van der Waals surface area contributed by atoms with Crippen molar-refractivity contribution in [3.05, 3.63) is 65.3 Å². The van der Waals surface area contributed by atoms with Crippen molar-refractivity contribution in [1.82, 2.24) is 4.98 Å². The number of fused-ring (bicyclic) bond motifs is 1. The van der Waals surface area contributed by atoms with E-state index in [9.17, 15) is 0 Å². The summed E-state index contributed by atoms with van der Waals surface area (Å²) < 4.78 is 5.88. The highest BCUT2D eigenvalue weighted by atomic mass is 35.5. The molecule has 100 valence electrons. The number of hydrogen-bond donors (Lipinski definition) is 0. The third kappa shape index (κ3) is 2.58. The summed E-state index contributed by atoms with van der Waals surface area (Å²) in [4.78, 5) is 4.35. The minimum atomic E-state index is 0.384. The summed E-state index contributed by atoms with van der Waals surface area (Å²) in [6, 6.07) is 15.2. The van der Waals surface area contributed by atoms with Crippen LogP contribution in [0.5, 0.6) is 11.5 Å². The molecule has 0 aliphatic heterocycles. The zero-order chi connectivity index (χ0) is 13.9. The van der Waals surface area contributed by atoms with Gasteiger partial charge in [-0.15, -0.1) is 11.6 Å². The van der Waals surface area contributed by atoms with Crippen LogP contribution in [0.1, 0.15) is 5.56 Å². The number of benzene rings is 2. The highest BCUT2D eigenvalue weighted by Crippen LogP contribution is 2.31. The summed E-state index contributed by atoms with van der Waals surface area (Å²) in [6.07, 6.45) is 1.75. The summed E-state index contributed by atoms with van der Waals surface area (Å²) in [5.41, 5.74) is 1.71. The Bertz CT molecular complexity index is 753. The molecule has 3 rings (SSSR count). The van der Waals surface area contributed by atoms with Crippen molar-refractivity contribution in [2.45, 2.75) is 5.88 Å². The summed E-state index contributed by atoms with van der Waals surface area (Å²) >= 11 is 11.9. The Morgan fingerprint density at radius 3 is 2.70 bits per heavy atom. The predicted octanol–water partition coefficient (Wildman–Crippen LogP) is 5.42. The molecule has 0 unspecified atom stereocenters. The fourth-order valence-corrected chi connectivity index (χ4v) is 2.52. The summed E-state index contributed by atoms with van der Waals surface area (Å²) in [5.74, 6) is 1.76. The van der Waals surface area contributed by atoms with Gasteiger partial charge in [0, 0.05) is 22.5 Å². The van der Waals surface area contributed by atoms with E-state index in [0.717, 1.165) is 16.5 Å². The Kier molecular flexibility index (Phi) is 3.77. The van der Waals surface area contributed by atoms with Crippen LogP contribution < -0.4 is 4.74 Å². The molecule has 2 aromatic carbocycles. The van der Waals surface area contributed by atoms with Gasteiger partial charge in [0.2, 0.25) is 0 Å². The predicted molar refractivity (Wildman–Crippen MR) is 82.8 cm³/mol. The average Bonchev–Trinajstić information content (AvgIpc) is 2.48. The minimum absolute atomic E-state index is 0.384. The lowest BCUT2D eigenvalue weighted by Gasteiger charge is -2.09. The molecule has 0 amide bonds. The number of pyridine rings is 1. The maximum Gasteiger partial charge on any atom is 0.153 e. The largest absolute Gasteiger partial charge is 0.455 e. The summed E-state index contributed by atoms with van der Waals surface area (Å²) in [6.45, 7) is 0. The van der Waals surface area contributed by atoms with Gasteiger partial charge in [-0.3, -0.25) is 4.98 Å². The summed E-state index contributed by atoms with van der Waals surface area (Å²) in [7, 11) is 0. The van der Waals surface area contributed by atoms with Crippen LogP contribution in [0.4, 0.5) is 0 Å².